The quantitative estimate of drug-likeness (QED) is 0.312. The molecule has 0 bridgehead atoms. The number of hydrogen-bond donors (Lipinski definition) is 0. The molecule has 5 rings (SSSR count). The molecule has 3 fully saturated rings. The van der Waals surface area contributed by atoms with Crippen LogP contribution in [0.2, 0.25) is 0 Å². The third-order valence-electron chi connectivity index (χ3n) is 7.62. The van der Waals surface area contributed by atoms with Crippen molar-refractivity contribution in [1.29, 1.82) is 0 Å². The molecule has 8 heteroatoms. The van der Waals surface area contributed by atoms with Crippen molar-refractivity contribution in [3.8, 4) is 0 Å². The number of piperazine rings is 1. The topological polar surface area (TPSA) is 83.1 Å². The van der Waals surface area contributed by atoms with Gasteiger partial charge in [0.1, 0.15) is 11.9 Å². The third-order valence-corrected chi connectivity index (χ3v) is 7.62. The van der Waals surface area contributed by atoms with Gasteiger partial charge in [0, 0.05) is 45.0 Å². The number of fused-ring (bicyclic) bond motifs is 1. The molecule has 2 aliphatic heterocycles. The smallest absolute Gasteiger partial charge is 0.331 e. The van der Waals surface area contributed by atoms with E-state index in [1.54, 1.807) is 12.3 Å². The average Bonchev–Trinajstić information content (AvgIpc) is 3.18. The molecule has 1 aliphatic carbocycles. The van der Waals surface area contributed by atoms with Gasteiger partial charge in [0.15, 0.2) is 0 Å². The molecular formula is C29H34N4O4. The lowest BCUT2D eigenvalue weighted by Gasteiger charge is -2.37. The highest BCUT2D eigenvalue weighted by Crippen LogP contribution is 2.38. The minimum absolute atomic E-state index is 0.101. The lowest BCUT2D eigenvalue weighted by molar-refractivity contribution is -0.151. The molecule has 0 spiro atoms. The average molecular weight is 503 g/mol. The number of likely N-dealkylation sites (tertiary alicyclic amines) is 1. The van der Waals surface area contributed by atoms with Gasteiger partial charge in [-0.3, -0.25) is 19.4 Å². The molecule has 1 aromatic carbocycles. The second-order valence-electron chi connectivity index (χ2n) is 10.1. The van der Waals surface area contributed by atoms with E-state index < -0.39 is 12.1 Å². The van der Waals surface area contributed by atoms with Crippen molar-refractivity contribution in [3.05, 3.63) is 66.4 Å². The predicted molar refractivity (Wildman–Crippen MR) is 140 cm³/mol. The van der Waals surface area contributed by atoms with Gasteiger partial charge >= 0.3 is 5.97 Å². The number of ether oxygens (including phenoxy) is 1. The number of amides is 2. The molecule has 194 valence electrons. The van der Waals surface area contributed by atoms with Gasteiger partial charge in [-0.15, -0.1) is 0 Å². The Hall–Kier alpha value is -3.52. The van der Waals surface area contributed by atoms with Crippen LogP contribution in [0.1, 0.15) is 31.2 Å². The first-order chi connectivity index (χ1) is 18.1. The van der Waals surface area contributed by atoms with E-state index in [0.717, 1.165) is 63.2 Å². The van der Waals surface area contributed by atoms with Crippen LogP contribution in [-0.4, -0.2) is 77.9 Å². The number of rotatable bonds is 8. The molecule has 1 aromatic heterocycles. The number of anilines is 1. The van der Waals surface area contributed by atoms with Gasteiger partial charge in [-0.05, 0) is 36.6 Å². The summed E-state index contributed by atoms with van der Waals surface area (Å²) in [5.74, 6) is -0.148. The van der Waals surface area contributed by atoms with Crippen molar-refractivity contribution in [3.63, 3.8) is 0 Å². The molecular weight excluding hydrogens is 468 g/mol. The first-order valence-electron chi connectivity index (χ1n) is 13.3. The highest BCUT2D eigenvalue weighted by Gasteiger charge is 2.48. The van der Waals surface area contributed by atoms with E-state index in [1.165, 1.54) is 11.0 Å². The van der Waals surface area contributed by atoms with Gasteiger partial charge in [0.25, 0.3) is 0 Å². The summed E-state index contributed by atoms with van der Waals surface area (Å²) in [7, 11) is 0. The fraction of sp³-hybridized carbons (Fsp3) is 0.448. The molecule has 3 unspecified atom stereocenters. The number of carbonyl (C=O) groups excluding carboxylic acids is 3. The highest BCUT2D eigenvalue weighted by molar-refractivity contribution is 6.05. The highest BCUT2D eigenvalue weighted by atomic mass is 16.5. The Balaban J connectivity index is 1.25. The fourth-order valence-corrected chi connectivity index (χ4v) is 5.67. The lowest BCUT2D eigenvalue weighted by atomic mass is 9.81. The SMILES string of the molecule is O=C(C=Cc1ccccc1)OC(CN1CCN(c2ccccn2)CC1)CN1C(=O)C2CCCCC2C1=O. The maximum absolute atomic E-state index is 13.1. The van der Waals surface area contributed by atoms with Crippen LogP contribution in [0.4, 0.5) is 5.82 Å². The molecule has 3 atom stereocenters. The number of imide groups is 1. The Kier molecular flexibility index (Phi) is 7.94. The summed E-state index contributed by atoms with van der Waals surface area (Å²) in [6.45, 7) is 3.73. The molecule has 0 N–H and O–H groups in total. The molecule has 3 aliphatic rings. The second kappa shape index (κ2) is 11.7. The zero-order chi connectivity index (χ0) is 25.6. The summed E-state index contributed by atoms with van der Waals surface area (Å²) >= 11 is 0. The van der Waals surface area contributed by atoms with E-state index >= 15 is 0 Å². The van der Waals surface area contributed by atoms with Crippen LogP contribution in [0.15, 0.2) is 60.8 Å². The number of aromatic nitrogens is 1. The zero-order valence-corrected chi connectivity index (χ0v) is 21.1. The van der Waals surface area contributed by atoms with Gasteiger partial charge in [-0.1, -0.05) is 49.2 Å². The molecule has 2 aromatic rings. The fourth-order valence-electron chi connectivity index (χ4n) is 5.67. The molecule has 37 heavy (non-hydrogen) atoms. The van der Waals surface area contributed by atoms with E-state index in [1.807, 2.05) is 48.5 Å². The Bertz CT molecular complexity index is 1090. The summed E-state index contributed by atoms with van der Waals surface area (Å²) in [5.41, 5.74) is 0.899. The molecule has 8 nitrogen and oxygen atoms in total. The van der Waals surface area contributed by atoms with Crippen molar-refractivity contribution in [2.45, 2.75) is 31.8 Å². The van der Waals surface area contributed by atoms with Gasteiger partial charge in [-0.2, -0.15) is 0 Å². The summed E-state index contributed by atoms with van der Waals surface area (Å²) in [5, 5.41) is 0. The summed E-state index contributed by atoms with van der Waals surface area (Å²) in [6, 6.07) is 15.4. The van der Waals surface area contributed by atoms with Crippen LogP contribution < -0.4 is 4.90 Å². The Morgan fingerprint density at radius 2 is 1.59 bits per heavy atom. The maximum atomic E-state index is 13.1. The standard InChI is InChI=1S/C29H34N4O4/c34-27(14-13-22-8-2-1-3-9-22)37-23(21-33-28(35)24-10-4-5-11-25(24)29(33)36)20-31-16-18-32(19-17-31)26-12-6-7-15-30-26/h1-3,6-9,12-15,23-25H,4-5,10-11,16-21H2. The molecule has 2 saturated heterocycles. The number of hydrogen-bond acceptors (Lipinski definition) is 7. The molecule has 1 saturated carbocycles. The number of esters is 1. The largest absolute Gasteiger partial charge is 0.456 e. The van der Waals surface area contributed by atoms with Crippen molar-refractivity contribution < 1.29 is 19.1 Å². The van der Waals surface area contributed by atoms with Crippen LogP contribution in [0.3, 0.4) is 0 Å². The van der Waals surface area contributed by atoms with Gasteiger partial charge in [0.05, 0.1) is 18.4 Å². The first-order valence-corrected chi connectivity index (χ1v) is 13.3. The van der Waals surface area contributed by atoms with E-state index in [2.05, 4.69) is 14.8 Å². The number of nitrogens with zero attached hydrogens (tertiary/aromatic N) is 4. The third kappa shape index (κ3) is 6.07. The lowest BCUT2D eigenvalue weighted by Crippen LogP contribution is -2.51. The summed E-state index contributed by atoms with van der Waals surface area (Å²) < 4.78 is 5.86. The molecule has 2 amide bonds. The van der Waals surface area contributed by atoms with Crippen LogP contribution in [0, 0.1) is 11.8 Å². The van der Waals surface area contributed by atoms with E-state index in [0.29, 0.717) is 6.54 Å². The first kappa shape index (κ1) is 25.1. The number of pyridine rings is 1. The van der Waals surface area contributed by atoms with Crippen LogP contribution in [0.5, 0.6) is 0 Å². The van der Waals surface area contributed by atoms with E-state index in [9.17, 15) is 14.4 Å². The van der Waals surface area contributed by atoms with E-state index in [4.69, 9.17) is 4.74 Å². The van der Waals surface area contributed by atoms with Crippen LogP contribution in [0.25, 0.3) is 6.08 Å². The van der Waals surface area contributed by atoms with Crippen molar-refractivity contribution in [2.24, 2.45) is 11.8 Å². The Labute approximate surface area is 217 Å². The predicted octanol–water partition coefficient (Wildman–Crippen LogP) is 3.00. The number of benzene rings is 1. The Morgan fingerprint density at radius 1 is 0.919 bits per heavy atom. The normalized spacial score (nSPS) is 23.4. The van der Waals surface area contributed by atoms with Crippen molar-refractivity contribution in [2.75, 3.05) is 44.2 Å². The monoisotopic (exact) mass is 502 g/mol. The zero-order valence-electron chi connectivity index (χ0n) is 21.1. The van der Waals surface area contributed by atoms with Gasteiger partial charge in [0.2, 0.25) is 11.8 Å². The second-order valence-corrected chi connectivity index (χ2v) is 10.1. The minimum Gasteiger partial charge on any atom is -0.456 e. The van der Waals surface area contributed by atoms with Crippen molar-refractivity contribution in [1.82, 2.24) is 14.8 Å². The summed E-state index contributed by atoms with van der Waals surface area (Å²) in [4.78, 5) is 49.2. The molecule has 0 radical (unpaired) electrons. The van der Waals surface area contributed by atoms with Crippen LogP contribution in [-0.2, 0) is 19.1 Å². The maximum Gasteiger partial charge on any atom is 0.331 e. The molecule has 3 heterocycles. The van der Waals surface area contributed by atoms with Crippen LogP contribution >= 0.6 is 0 Å². The Morgan fingerprint density at radius 3 is 2.24 bits per heavy atom. The summed E-state index contributed by atoms with van der Waals surface area (Å²) in [6.07, 6.45) is 7.83. The van der Waals surface area contributed by atoms with Crippen molar-refractivity contribution >= 4 is 29.7 Å². The minimum atomic E-state index is -0.595. The van der Waals surface area contributed by atoms with E-state index in [-0.39, 0.29) is 30.2 Å². The van der Waals surface area contributed by atoms with Gasteiger partial charge in [-0.25, -0.2) is 9.78 Å². The van der Waals surface area contributed by atoms with Gasteiger partial charge < -0.3 is 9.64 Å². The number of carbonyl (C=O) groups is 3.